The quantitative estimate of drug-likeness (QED) is 0.719. The molecule has 4 nitrogen and oxygen atoms in total. The largest absolute Gasteiger partial charge is 0.342 e. The summed E-state index contributed by atoms with van der Waals surface area (Å²) < 4.78 is 2.18. The zero-order chi connectivity index (χ0) is 16.0. The molecule has 1 aliphatic rings. The van der Waals surface area contributed by atoms with E-state index in [1.165, 1.54) is 9.78 Å². The minimum Gasteiger partial charge on any atom is -0.342 e. The van der Waals surface area contributed by atoms with Crippen LogP contribution >= 0.6 is 23.1 Å². The summed E-state index contributed by atoms with van der Waals surface area (Å²) >= 11 is 2.82. The first kappa shape index (κ1) is 14.5. The molecule has 0 radical (unpaired) electrons. The van der Waals surface area contributed by atoms with Gasteiger partial charge >= 0.3 is 0 Å². The Bertz CT molecular complexity index is 899. The highest BCUT2D eigenvalue weighted by Gasteiger charge is 2.38. The van der Waals surface area contributed by atoms with Crippen LogP contribution in [0.5, 0.6) is 0 Å². The third-order valence-corrected chi connectivity index (χ3v) is 6.11. The third kappa shape index (κ3) is 2.38. The number of carbonyl (C=O) groups excluding carboxylic acids is 2. The number of thiophene rings is 1. The molecule has 0 aliphatic carbocycles. The molecule has 2 amide bonds. The van der Waals surface area contributed by atoms with Gasteiger partial charge in [-0.25, -0.2) is 0 Å². The van der Waals surface area contributed by atoms with Gasteiger partial charge in [-0.2, -0.15) is 0 Å². The van der Waals surface area contributed by atoms with E-state index in [1.807, 2.05) is 30.5 Å². The van der Waals surface area contributed by atoms with Gasteiger partial charge in [-0.3, -0.25) is 14.5 Å². The molecule has 1 aliphatic heterocycles. The van der Waals surface area contributed by atoms with Crippen LogP contribution < -0.4 is 0 Å². The van der Waals surface area contributed by atoms with E-state index in [0.717, 1.165) is 34.8 Å². The molecular formula is C17H14N2O2S2. The van der Waals surface area contributed by atoms with Crippen LogP contribution in [-0.4, -0.2) is 27.7 Å². The molecule has 0 saturated carbocycles. The lowest BCUT2D eigenvalue weighted by atomic mass is 10.1. The average Bonchev–Trinajstić information content (AvgIpc) is 3.26. The van der Waals surface area contributed by atoms with E-state index in [2.05, 4.69) is 22.1 Å². The summed E-state index contributed by atoms with van der Waals surface area (Å²) in [5, 5.41) is 2.49. The number of amides is 2. The van der Waals surface area contributed by atoms with Crippen molar-refractivity contribution in [1.82, 2.24) is 9.47 Å². The smallest absolute Gasteiger partial charge is 0.289 e. The Labute approximate surface area is 141 Å². The van der Waals surface area contributed by atoms with Crippen molar-refractivity contribution in [1.29, 1.82) is 0 Å². The van der Waals surface area contributed by atoms with Gasteiger partial charge < -0.3 is 4.57 Å². The highest BCUT2D eigenvalue weighted by atomic mass is 32.2. The summed E-state index contributed by atoms with van der Waals surface area (Å²) in [5.41, 5.74) is 2.01. The van der Waals surface area contributed by atoms with Gasteiger partial charge in [-0.1, -0.05) is 18.2 Å². The van der Waals surface area contributed by atoms with E-state index < -0.39 is 5.25 Å². The van der Waals surface area contributed by atoms with Crippen molar-refractivity contribution < 1.29 is 9.59 Å². The number of hydrogen-bond donors (Lipinski definition) is 0. The molecule has 0 bridgehead atoms. The third-order valence-electron chi connectivity index (χ3n) is 4.08. The Balaban J connectivity index is 1.76. The molecule has 2 aromatic heterocycles. The molecule has 6 heteroatoms. The molecule has 23 heavy (non-hydrogen) atoms. The van der Waals surface area contributed by atoms with Crippen molar-refractivity contribution in [2.24, 2.45) is 0 Å². The van der Waals surface area contributed by atoms with Crippen LogP contribution in [-0.2, 0) is 11.3 Å². The van der Waals surface area contributed by atoms with E-state index in [-0.39, 0.29) is 11.1 Å². The zero-order valence-electron chi connectivity index (χ0n) is 12.4. The predicted octanol–water partition coefficient (Wildman–Crippen LogP) is 4.12. The molecule has 1 saturated heterocycles. The number of likely N-dealkylation sites (N-methyl/N-ethyl adjacent to an activating group) is 1. The van der Waals surface area contributed by atoms with Gasteiger partial charge in [0.2, 0.25) is 5.91 Å². The van der Waals surface area contributed by atoms with Gasteiger partial charge in [0, 0.05) is 29.0 Å². The number of rotatable bonds is 3. The van der Waals surface area contributed by atoms with Crippen LogP contribution in [0.2, 0.25) is 0 Å². The lowest BCUT2D eigenvalue weighted by molar-refractivity contribution is -0.125. The van der Waals surface area contributed by atoms with E-state index in [9.17, 15) is 9.59 Å². The molecule has 0 spiro atoms. The van der Waals surface area contributed by atoms with Crippen LogP contribution in [0.15, 0.2) is 48.0 Å². The van der Waals surface area contributed by atoms with Crippen LogP contribution in [0.3, 0.4) is 0 Å². The van der Waals surface area contributed by atoms with Gasteiger partial charge in [0.05, 0.1) is 6.54 Å². The molecule has 1 unspecified atom stereocenters. The number of hydrogen-bond acceptors (Lipinski definition) is 4. The fourth-order valence-corrected chi connectivity index (χ4v) is 4.62. The number of thioether (sulfide) groups is 1. The summed E-state index contributed by atoms with van der Waals surface area (Å²) in [5.74, 6) is -0.140. The summed E-state index contributed by atoms with van der Waals surface area (Å²) in [7, 11) is 1.54. The molecule has 1 aromatic carbocycles. The first-order valence-corrected chi connectivity index (χ1v) is 8.99. The molecule has 3 aromatic rings. The molecule has 0 N–H and O–H groups in total. The Hall–Kier alpha value is -2.05. The molecular weight excluding hydrogens is 328 g/mol. The SMILES string of the molecule is CN1C(=O)SC(c2cccc3c2ccn3Cc2cccs2)C1=O. The Morgan fingerprint density at radius 3 is 2.70 bits per heavy atom. The van der Waals surface area contributed by atoms with Gasteiger partial charge in [0.1, 0.15) is 5.25 Å². The van der Waals surface area contributed by atoms with E-state index in [4.69, 9.17) is 0 Å². The monoisotopic (exact) mass is 342 g/mol. The standard InChI is InChI=1S/C17H14N2O2S2/c1-18-16(20)15(23-17(18)21)13-5-2-6-14-12(13)7-8-19(14)10-11-4-3-9-22-11/h2-9,15H,10H2,1H3. The highest BCUT2D eigenvalue weighted by Crippen LogP contribution is 2.41. The lowest BCUT2D eigenvalue weighted by Gasteiger charge is -2.10. The molecule has 1 atom stereocenters. The summed E-state index contributed by atoms with van der Waals surface area (Å²) in [6.45, 7) is 0.815. The number of fused-ring (bicyclic) bond motifs is 1. The molecule has 4 rings (SSSR count). The van der Waals surface area contributed by atoms with Crippen LogP contribution in [0.25, 0.3) is 10.9 Å². The van der Waals surface area contributed by atoms with Gasteiger partial charge in [-0.15, -0.1) is 11.3 Å². The fourth-order valence-electron chi connectivity index (χ4n) is 2.88. The second-order valence-corrected chi connectivity index (χ2v) is 7.55. The average molecular weight is 342 g/mol. The number of nitrogens with zero attached hydrogens (tertiary/aromatic N) is 2. The summed E-state index contributed by atoms with van der Waals surface area (Å²) in [6.07, 6.45) is 2.05. The van der Waals surface area contributed by atoms with Crippen LogP contribution in [0, 0.1) is 0 Å². The normalized spacial score (nSPS) is 18.3. The second kappa shape index (κ2) is 5.54. The van der Waals surface area contributed by atoms with Crippen molar-refractivity contribution in [2.75, 3.05) is 7.05 Å². The minimum atomic E-state index is -0.436. The molecule has 1 fully saturated rings. The topological polar surface area (TPSA) is 42.3 Å². The van der Waals surface area contributed by atoms with Gasteiger partial charge in [-0.05, 0) is 40.9 Å². The minimum absolute atomic E-state index is 0.140. The number of carbonyl (C=O) groups is 2. The Kier molecular flexibility index (Phi) is 3.50. The van der Waals surface area contributed by atoms with Gasteiger partial charge in [0.25, 0.3) is 5.24 Å². The second-order valence-electron chi connectivity index (χ2n) is 5.46. The fraction of sp³-hybridized carbons (Fsp3) is 0.176. The van der Waals surface area contributed by atoms with E-state index >= 15 is 0 Å². The maximum Gasteiger partial charge on any atom is 0.289 e. The number of benzene rings is 1. The van der Waals surface area contributed by atoms with Crippen LogP contribution in [0.1, 0.15) is 15.7 Å². The molecule has 116 valence electrons. The van der Waals surface area contributed by atoms with Crippen molar-refractivity contribution in [3.63, 3.8) is 0 Å². The lowest BCUT2D eigenvalue weighted by Crippen LogP contribution is -2.24. The summed E-state index contributed by atoms with van der Waals surface area (Å²) in [6, 6.07) is 12.2. The van der Waals surface area contributed by atoms with Crippen LogP contribution in [0.4, 0.5) is 4.79 Å². The Morgan fingerprint density at radius 2 is 2.00 bits per heavy atom. The number of aromatic nitrogens is 1. The van der Waals surface area contributed by atoms with Crippen molar-refractivity contribution in [3.05, 3.63) is 58.4 Å². The highest BCUT2D eigenvalue weighted by molar-refractivity contribution is 8.15. The van der Waals surface area contributed by atoms with Crippen molar-refractivity contribution >= 4 is 45.1 Å². The molecule has 3 heterocycles. The zero-order valence-corrected chi connectivity index (χ0v) is 14.1. The predicted molar refractivity (Wildman–Crippen MR) is 93.9 cm³/mol. The number of imide groups is 1. The first-order valence-electron chi connectivity index (χ1n) is 7.23. The van der Waals surface area contributed by atoms with Gasteiger partial charge in [0.15, 0.2) is 0 Å². The summed E-state index contributed by atoms with van der Waals surface area (Å²) in [4.78, 5) is 26.6. The first-order chi connectivity index (χ1) is 11.1. The van der Waals surface area contributed by atoms with Crippen molar-refractivity contribution in [2.45, 2.75) is 11.8 Å². The maximum atomic E-state index is 12.3. The van der Waals surface area contributed by atoms with E-state index in [1.54, 1.807) is 18.4 Å². The maximum absolute atomic E-state index is 12.3. The Morgan fingerprint density at radius 1 is 1.13 bits per heavy atom. The van der Waals surface area contributed by atoms with Crippen molar-refractivity contribution in [3.8, 4) is 0 Å². The van der Waals surface area contributed by atoms with E-state index in [0.29, 0.717) is 0 Å².